The van der Waals surface area contributed by atoms with Crippen LogP contribution in [-0.4, -0.2) is 5.91 Å². The zero-order valence-electron chi connectivity index (χ0n) is 9.22. The summed E-state index contributed by atoms with van der Waals surface area (Å²) in [5.74, 6) is 0.470. The molecule has 0 bridgehead atoms. The SMILES string of the molecule is CC(=O)Nc1cc(C(C)C)ccc1C. The molecular formula is C12H17NO. The monoisotopic (exact) mass is 191 g/mol. The Bertz CT molecular complexity index is 342. The van der Waals surface area contributed by atoms with E-state index in [9.17, 15) is 4.79 Å². The third-order valence-electron chi connectivity index (χ3n) is 2.24. The Morgan fingerprint density at radius 2 is 2.00 bits per heavy atom. The normalized spacial score (nSPS) is 10.4. The van der Waals surface area contributed by atoms with E-state index in [1.54, 1.807) is 0 Å². The van der Waals surface area contributed by atoms with Gasteiger partial charge in [-0.3, -0.25) is 4.79 Å². The fraction of sp³-hybridized carbons (Fsp3) is 0.417. The smallest absolute Gasteiger partial charge is 0.221 e. The summed E-state index contributed by atoms with van der Waals surface area (Å²) in [5.41, 5.74) is 3.27. The quantitative estimate of drug-likeness (QED) is 0.764. The van der Waals surface area contributed by atoms with E-state index >= 15 is 0 Å². The molecule has 0 aliphatic rings. The number of hydrogen-bond acceptors (Lipinski definition) is 1. The molecule has 2 heteroatoms. The Kier molecular flexibility index (Phi) is 3.28. The van der Waals surface area contributed by atoms with Gasteiger partial charge in [0.25, 0.3) is 0 Å². The van der Waals surface area contributed by atoms with Crippen LogP contribution in [0.15, 0.2) is 18.2 Å². The first kappa shape index (κ1) is 10.8. The average molecular weight is 191 g/mol. The predicted octanol–water partition coefficient (Wildman–Crippen LogP) is 3.08. The molecule has 0 saturated carbocycles. The molecule has 0 aliphatic carbocycles. The van der Waals surface area contributed by atoms with Crippen LogP contribution in [0.2, 0.25) is 0 Å². The Balaban J connectivity index is 3.02. The van der Waals surface area contributed by atoms with Crippen molar-refractivity contribution in [2.24, 2.45) is 0 Å². The number of hydrogen-bond donors (Lipinski definition) is 1. The fourth-order valence-corrected chi connectivity index (χ4v) is 1.32. The Hall–Kier alpha value is -1.31. The number of aryl methyl sites for hydroxylation is 1. The van der Waals surface area contributed by atoms with Crippen molar-refractivity contribution < 1.29 is 4.79 Å². The lowest BCUT2D eigenvalue weighted by Crippen LogP contribution is -2.07. The van der Waals surface area contributed by atoms with E-state index in [1.807, 2.05) is 19.1 Å². The molecule has 1 aromatic carbocycles. The molecule has 0 spiro atoms. The van der Waals surface area contributed by atoms with Gasteiger partial charge in [0.2, 0.25) is 5.91 Å². The molecule has 0 atom stereocenters. The highest BCUT2D eigenvalue weighted by molar-refractivity contribution is 5.89. The van der Waals surface area contributed by atoms with Gasteiger partial charge in [0.05, 0.1) is 0 Å². The van der Waals surface area contributed by atoms with Crippen molar-refractivity contribution in [3.05, 3.63) is 29.3 Å². The number of rotatable bonds is 2. The molecule has 76 valence electrons. The third-order valence-corrected chi connectivity index (χ3v) is 2.24. The number of benzene rings is 1. The molecule has 0 saturated heterocycles. The minimum Gasteiger partial charge on any atom is -0.326 e. The molecule has 0 radical (unpaired) electrons. The van der Waals surface area contributed by atoms with E-state index < -0.39 is 0 Å². The molecule has 1 N–H and O–H groups in total. The molecule has 14 heavy (non-hydrogen) atoms. The van der Waals surface area contributed by atoms with Crippen molar-refractivity contribution in [2.75, 3.05) is 5.32 Å². The van der Waals surface area contributed by atoms with E-state index in [0.717, 1.165) is 11.3 Å². The van der Waals surface area contributed by atoms with Gasteiger partial charge in [0.15, 0.2) is 0 Å². The Labute approximate surface area is 85.3 Å². The number of carbonyl (C=O) groups is 1. The van der Waals surface area contributed by atoms with Gasteiger partial charge in [-0.1, -0.05) is 26.0 Å². The summed E-state index contributed by atoms with van der Waals surface area (Å²) in [7, 11) is 0. The topological polar surface area (TPSA) is 29.1 Å². The molecule has 0 aliphatic heterocycles. The standard InChI is InChI=1S/C12H17NO/c1-8(2)11-6-5-9(3)12(7-11)13-10(4)14/h5-8H,1-4H3,(H,13,14). The lowest BCUT2D eigenvalue weighted by atomic mass is 10.0. The summed E-state index contributed by atoms with van der Waals surface area (Å²) in [5, 5.41) is 2.83. The second-order valence-corrected chi connectivity index (χ2v) is 3.91. The van der Waals surface area contributed by atoms with Gasteiger partial charge in [-0.15, -0.1) is 0 Å². The molecule has 1 aromatic rings. The van der Waals surface area contributed by atoms with Crippen molar-refractivity contribution in [3.8, 4) is 0 Å². The molecule has 0 heterocycles. The summed E-state index contributed by atoms with van der Waals surface area (Å²) in [6.07, 6.45) is 0. The highest BCUT2D eigenvalue weighted by atomic mass is 16.1. The maximum atomic E-state index is 10.9. The summed E-state index contributed by atoms with van der Waals surface area (Å²) in [4.78, 5) is 10.9. The lowest BCUT2D eigenvalue weighted by Gasteiger charge is -2.11. The first-order valence-electron chi connectivity index (χ1n) is 4.89. The summed E-state index contributed by atoms with van der Waals surface area (Å²) < 4.78 is 0. The van der Waals surface area contributed by atoms with Crippen LogP contribution in [-0.2, 0) is 4.79 Å². The van der Waals surface area contributed by atoms with Gasteiger partial charge in [0, 0.05) is 12.6 Å². The van der Waals surface area contributed by atoms with Crippen molar-refractivity contribution in [3.63, 3.8) is 0 Å². The minimum atomic E-state index is -0.0194. The predicted molar refractivity (Wildman–Crippen MR) is 59.6 cm³/mol. The lowest BCUT2D eigenvalue weighted by molar-refractivity contribution is -0.114. The second kappa shape index (κ2) is 4.27. The van der Waals surface area contributed by atoms with E-state index in [-0.39, 0.29) is 5.91 Å². The molecule has 0 aromatic heterocycles. The Morgan fingerprint density at radius 1 is 1.36 bits per heavy atom. The third kappa shape index (κ3) is 2.59. The summed E-state index contributed by atoms with van der Waals surface area (Å²) in [6, 6.07) is 6.19. The number of amides is 1. The first-order chi connectivity index (χ1) is 6.50. The van der Waals surface area contributed by atoms with E-state index in [1.165, 1.54) is 12.5 Å². The first-order valence-corrected chi connectivity index (χ1v) is 4.89. The fourth-order valence-electron chi connectivity index (χ4n) is 1.32. The summed E-state index contributed by atoms with van der Waals surface area (Å²) >= 11 is 0. The molecule has 0 fully saturated rings. The second-order valence-electron chi connectivity index (χ2n) is 3.91. The molecule has 1 amide bonds. The van der Waals surface area contributed by atoms with Crippen LogP contribution in [0.3, 0.4) is 0 Å². The highest BCUT2D eigenvalue weighted by Gasteiger charge is 2.04. The van der Waals surface area contributed by atoms with E-state index in [2.05, 4.69) is 25.2 Å². The van der Waals surface area contributed by atoms with Crippen molar-refractivity contribution in [2.45, 2.75) is 33.6 Å². The van der Waals surface area contributed by atoms with Gasteiger partial charge in [0.1, 0.15) is 0 Å². The summed E-state index contributed by atoms with van der Waals surface area (Å²) in [6.45, 7) is 7.81. The van der Waals surface area contributed by atoms with Crippen molar-refractivity contribution in [1.29, 1.82) is 0 Å². The van der Waals surface area contributed by atoms with Crippen LogP contribution in [0.1, 0.15) is 37.8 Å². The molecule has 0 unspecified atom stereocenters. The van der Waals surface area contributed by atoms with Crippen LogP contribution in [0.4, 0.5) is 5.69 Å². The number of nitrogens with one attached hydrogen (secondary N) is 1. The van der Waals surface area contributed by atoms with Gasteiger partial charge >= 0.3 is 0 Å². The Morgan fingerprint density at radius 3 is 2.50 bits per heavy atom. The zero-order chi connectivity index (χ0) is 10.7. The maximum Gasteiger partial charge on any atom is 0.221 e. The van der Waals surface area contributed by atoms with Gasteiger partial charge in [-0.05, 0) is 30.0 Å². The molecule has 1 rings (SSSR count). The van der Waals surface area contributed by atoms with Crippen molar-refractivity contribution >= 4 is 11.6 Å². The van der Waals surface area contributed by atoms with E-state index in [4.69, 9.17) is 0 Å². The zero-order valence-corrected chi connectivity index (χ0v) is 9.22. The maximum absolute atomic E-state index is 10.9. The van der Waals surface area contributed by atoms with Gasteiger partial charge < -0.3 is 5.32 Å². The van der Waals surface area contributed by atoms with Crippen LogP contribution >= 0.6 is 0 Å². The van der Waals surface area contributed by atoms with Crippen LogP contribution in [0, 0.1) is 6.92 Å². The van der Waals surface area contributed by atoms with Crippen LogP contribution in [0.5, 0.6) is 0 Å². The largest absolute Gasteiger partial charge is 0.326 e. The average Bonchev–Trinajstić information content (AvgIpc) is 2.07. The highest BCUT2D eigenvalue weighted by Crippen LogP contribution is 2.22. The van der Waals surface area contributed by atoms with Crippen molar-refractivity contribution in [1.82, 2.24) is 0 Å². The van der Waals surface area contributed by atoms with Gasteiger partial charge in [-0.2, -0.15) is 0 Å². The van der Waals surface area contributed by atoms with Gasteiger partial charge in [-0.25, -0.2) is 0 Å². The molecule has 2 nitrogen and oxygen atoms in total. The van der Waals surface area contributed by atoms with Crippen LogP contribution in [0.25, 0.3) is 0 Å². The molecular weight excluding hydrogens is 174 g/mol. The minimum absolute atomic E-state index is 0.0194. The van der Waals surface area contributed by atoms with E-state index in [0.29, 0.717) is 5.92 Å². The number of anilines is 1. The van der Waals surface area contributed by atoms with Crippen LogP contribution < -0.4 is 5.32 Å². The number of carbonyl (C=O) groups excluding carboxylic acids is 1.